The van der Waals surface area contributed by atoms with Crippen molar-refractivity contribution in [1.82, 2.24) is 0 Å². The topological polar surface area (TPSA) is 57.5 Å². The van der Waals surface area contributed by atoms with E-state index in [0.29, 0.717) is 24.0 Å². The molecule has 1 unspecified atom stereocenters. The van der Waals surface area contributed by atoms with Crippen molar-refractivity contribution in [2.75, 3.05) is 6.61 Å². The van der Waals surface area contributed by atoms with Gasteiger partial charge in [-0.2, -0.15) is 0 Å². The molecule has 0 aliphatic heterocycles. The van der Waals surface area contributed by atoms with Gasteiger partial charge in [0.05, 0.1) is 12.7 Å². The molecule has 0 bridgehead atoms. The first-order valence-corrected chi connectivity index (χ1v) is 13.5. The Bertz CT molecular complexity index is 866. The van der Waals surface area contributed by atoms with Gasteiger partial charge in [0.1, 0.15) is 0 Å². The van der Waals surface area contributed by atoms with Gasteiger partial charge >= 0.3 is 0 Å². The lowest BCUT2D eigenvalue weighted by Gasteiger charge is -2.61. The van der Waals surface area contributed by atoms with Gasteiger partial charge < -0.3 is 10.2 Å². The number of carbonyl (C=O) groups is 1. The normalized spacial score (nSPS) is 43.7. The zero-order valence-corrected chi connectivity index (χ0v) is 22.3. The monoisotopic (exact) mass is 456 g/mol. The fraction of sp³-hybridized carbons (Fsp3) is 0.833. The summed E-state index contributed by atoms with van der Waals surface area (Å²) in [5.74, 6) is 1.89. The standard InChI is InChI=1S/C30H48O3/c1-19(18-31)9-8-10-20(2)21-11-16-30(7)26-22(12-15-29(21,30)6)28(5)14-13-25(33)27(3,4)24(28)17-23(26)32/h9,20-21,24-25,31,33H,8,10-18H2,1-7H3/b19-9+/t20-,21?,24+,25+,28-,29-,30+/m1/s1. The van der Waals surface area contributed by atoms with Crippen LogP contribution in [0.25, 0.3) is 0 Å². The molecule has 2 saturated carbocycles. The predicted molar refractivity (Wildman–Crippen MR) is 135 cm³/mol. The van der Waals surface area contributed by atoms with E-state index < -0.39 is 0 Å². The molecule has 0 aromatic rings. The van der Waals surface area contributed by atoms with Gasteiger partial charge in [-0.25, -0.2) is 0 Å². The molecule has 4 aliphatic rings. The number of fused-ring (bicyclic) bond motifs is 4. The van der Waals surface area contributed by atoms with Crippen LogP contribution in [0.4, 0.5) is 0 Å². The Morgan fingerprint density at radius 3 is 2.48 bits per heavy atom. The summed E-state index contributed by atoms with van der Waals surface area (Å²) < 4.78 is 0. The van der Waals surface area contributed by atoms with Crippen LogP contribution in [0.2, 0.25) is 0 Å². The Morgan fingerprint density at radius 2 is 1.82 bits per heavy atom. The molecule has 4 aliphatic carbocycles. The molecular weight excluding hydrogens is 408 g/mol. The van der Waals surface area contributed by atoms with Crippen LogP contribution >= 0.6 is 0 Å². The third-order valence-electron chi connectivity index (χ3n) is 11.7. The second-order valence-corrected chi connectivity index (χ2v) is 13.5. The number of rotatable bonds is 5. The van der Waals surface area contributed by atoms with Gasteiger partial charge in [0.15, 0.2) is 5.78 Å². The summed E-state index contributed by atoms with van der Waals surface area (Å²) in [5.41, 5.74) is 3.73. The van der Waals surface area contributed by atoms with Gasteiger partial charge in [-0.05, 0) is 92.3 Å². The molecule has 0 saturated heterocycles. The second kappa shape index (κ2) is 8.33. The van der Waals surface area contributed by atoms with E-state index in [1.54, 1.807) is 0 Å². The van der Waals surface area contributed by atoms with Crippen LogP contribution in [0, 0.1) is 39.4 Å². The number of hydrogen-bond acceptors (Lipinski definition) is 3. The van der Waals surface area contributed by atoms with Gasteiger partial charge in [0.25, 0.3) is 0 Å². The molecule has 33 heavy (non-hydrogen) atoms. The van der Waals surface area contributed by atoms with Crippen LogP contribution in [0.15, 0.2) is 22.8 Å². The Morgan fingerprint density at radius 1 is 1.12 bits per heavy atom. The summed E-state index contributed by atoms with van der Waals surface area (Å²) in [6.45, 7) is 16.3. The minimum absolute atomic E-state index is 0.0262. The predicted octanol–water partition coefficient (Wildman–Crippen LogP) is 6.63. The second-order valence-electron chi connectivity index (χ2n) is 13.5. The number of allylic oxidation sites excluding steroid dienone is 3. The minimum atomic E-state index is -0.310. The highest BCUT2D eigenvalue weighted by molar-refractivity contribution is 5.99. The van der Waals surface area contributed by atoms with E-state index in [9.17, 15) is 15.0 Å². The number of aliphatic hydroxyl groups is 2. The lowest BCUT2D eigenvalue weighted by molar-refractivity contribution is -0.134. The number of aliphatic hydroxyl groups excluding tert-OH is 2. The lowest BCUT2D eigenvalue weighted by atomic mass is 9.43. The van der Waals surface area contributed by atoms with E-state index in [4.69, 9.17) is 0 Å². The summed E-state index contributed by atoms with van der Waals surface area (Å²) in [5, 5.41) is 20.1. The zero-order chi connectivity index (χ0) is 24.4. The van der Waals surface area contributed by atoms with Crippen LogP contribution in [0.3, 0.4) is 0 Å². The first-order chi connectivity index (χ1) is 15.3. The van der Waals surface area contributed by atoms with Gasteiger partial charge in [-0.3, -0.25) is 4.79 Å². The molecular formula is C30H48O3. The number of ketones is 1. The molecule has 2 N–H and O–H groups in total. The first-order valence-electron chi connectivity index (χ1n) is 13.5. The molecule has 0 radical (unpaired) electrons. The Labute approximate surface area is 202 Å². The number of hydrogen-bond donors (Lipinski definition) is 2. The SMILES string of the molecule is C/C(=C\CC[C@@H](C)C1CC[C@@]2(C)C3=C(CC[C@]12C)[C@@]1(C)CC[C@H](O)C(C)(C)[C@@H]1CC3=O)CO. The van der Waals surface area contributed by atoms with E-state index >= 15 is 0 Å². The quantitative estimate of drug-likeness (QED) is 0.456. The van der Waals surface area contributed by atoms with Crippen molar-refractivity contribution in [3.8, 4) is 0 Å². The van der Waals surface area contributed by atoms with Crippen molar-refractivity contribution in [1.29, 1.82) is 0 Å². The van der Waals surface area contributed by atoms with Crippen LogP contribution in [0.1, 0.15) is 106 Å². The van der Waals surface area contributed by atoms with E-state index in [-0.39, 0.29) is 40.3 Å². The maximum absolute atomic E-state index is 13.9. The van der Waals surface area contributed by atoms with E-state index in [1.165, 1.54) is 24.0 Å². The van der Waals surface area contributed by atoms with Crippen molar-refractivity contribution in [3.05, 3.63) is 22.8 Å². The average Bonchev–Trinajstić information content (AvgIpc) is 3.04. The fourth-order valence-corrected chi connectivity index (χ4v) is 9.16. The molecule has 186 valence electrons. The highest BCUT2D eigenvalue weighted by Crippen LogP contribution is 2.71. The highest BCUT2D eigenvalue weighted by Gasteiger charge is 2.65. The number of Topliss-reactive ketones (excluding diaryl/α,β-unsaturated/α-hetero) is 1. The van der Waals surface area contributed by atoms with Gasteiger partial charge in [0.2, 0.25) is 0 Å². The van der Waals surface area contributed by atoms with Crippen molar-refractivity contribution in [2.24, 2.45) is 39.4 Å². The summed E-state index contributed by atoms with van der Waals surface area (Å²) in [6.07, 6.45) is 11.1. The Hall–Kier alpha value is -0.930. The van der Waals surface area contributed by atoms with E-state index in [1.807, 2.05) is 6.92 Å². The summed E-state index contributed by atoms with van der Waals surface area (Å²) in [4.78, 5) is 13.9. The number of carbonyl (C=O) groups excluding carboxylic acids is 1. The zero-order valence-electron chi connectivity index (χ0n) is 22.3. The van der Waals surface area contributed by atoms with Crippen molar-refractivity contribution >= 4 is 5.78 Å². The van der Waals surface area contributed by atoms with Crippen molar-refractivity contribution in [3.63, 3.8) is 0 Å². The summed E-state index contributed by atoms with van der Waals surface area (Å²) in [7, 11) is 0. The van der Waals surface area contributed by atoms with Gasteiger partial charge in [-0.15, -0.1) is 0 Å². The van der Waals surface area contributed by atoms with Crippen molar-refractivity contribution < 1.29 is 15.0 Å². The van der Waals surface area contributed by atoms with E-state index in [0.717, 1.165) is 44.1 Å². The molecule has 4 rings (SSSR count). The largest absolute Gasteiger partial charge is 0.393 e. The third kappa shape index (κ3) is 3.54. The Balaban J connectivity index is 1.67. The van der Waals surface area contributed by atoms with Gasteiger partial charge in [-0.1, -0.05) is 58.8 Å². The van der Waals surface area contributed by atoms with Crippen LogP contribution in [-0.2, 0) is 4.79 Å². The molecule has 3 nitrogen and oxygen atoms in total. The third-order valence-corrected chi connectivity index (χ3v) is 11.7. The maximum Gasteiger partial charge on any atom is 0.159 e. The van der Waals surface area contributed by atoms with Crippen LogP contribution < -0.4 is 0 Å². The molecule has 0 aromatic carbocycles. The van der Waals surface area contributed by atoms with Gasteiger partial charge in [0, 0.05) is 17.4 Å². The van der Waals surface area contributed by atoms with E-state index in [2.05, 4.69) is 47.6 Å². The molecule has 0 aromatic heterocycles. The maximum atomic E-state index is 13.9. The summed E-state index contributed by atoms with van der Waals surface area (Å²) >= 11 is 0. The molecule has 7 atom stereocenters. The lowest BCUT2D eigenvalue weighted by Crippen LogP contribution is -2.57. The van der Waals surface area contributed by atoms with Crippen LogP contribution in [0.5, 0.6) is 0 Å². The molecule has 2 fully saturated rings. The smallest absolute Gasteiger partial charge is 0.159 e. The average molecular weight is 457 g/mol. The minimum Gasteiger partial charge on any atom is -0.393 e. The molecule has 0 heterocycles. The molecule has 0 spiro atoms. The first kappa shape index (κ1) is 25.2. The molecule has 0 amide bonds. The van der Waals surface area contributed by atoms with Crippen molar-refractivity contribution in [2.45, 2.75) is 112 Å². The Kier molecular flexibility index (Phi) is 6.35. The highest BCUT2D eigenvalue weighted by atomic mass is 16.3. The molecule has 3 heteroatoms. The summed E-state index contributed by atoms with van der Waals surface area (Å²) in [6, 6.07) is 0. The fourth-order valence-electron chi connectivity index (χ4n) is 9.16. The van der Waals surface area contributed by atoms with Crippen LogP contribution in [-0.4, -0.2) is 28.7 Å².